The number of anilines is 4. The van der Waals surface area contributed by atoms with Gasteiger partial charge in [0.05, 0.1) is 11.7 Å². The molecule has 3 heterocycles. The van der Waals surface area contributed by atoms with Crippen molar-refractivity contribution in [2.24, 2.45) is 0 Å². The third-order valence-corrected chi connectivity index (χ3v) is 17.9. The molecule has 4 heteroatoms. The Hall–Kier alpha value is -4.28. The zero-order valence-corrected chi connectivity index (χ0v) is 42.0. The minimum absolute atomic E-state index is 0.0191. The Morgan fingerprint density at radius 1 is 0.635 bits per heavy atom. The highest BCUT2D eigenvalue weighted by Crippen LogP contribution is 2.58. The topological polar surface area (TPSA) is 6.48 Å². The van der Waals surface area contributed by atoms with E-state index in [1.807, 2.05) is 0 Å². The summed E-state index contributed by atoms with van der Waals surface area (Å²) in [6, 6.07) is 33.9. The molecule has 3 aliphatic carbocycles. The van der Waals surface area contributed by atoms with E-state index in [9.17, 15) is 0 Å². The van der Waals surface area contributed by atoms with Crippen LogP contribution in [0.5, 0.6) is 0 Å². The third-order valence-electron chi connectivity index (χ3n) is 16.2. The Balaban J connectivity index is 1.35. The van der Waals surface area contributed by atoms with Crippen molar-refractivity contribution in [1.29, 1.82) is 0 Å². The first-order valence-electron chi connectivity index (χ1n) is 24.1. The first-order valence-corrected chi connectivity index (χ1v) is 24.9. The molecule has 0 amide bonds. The van der Waals surface area contributed by atoms with Crippen LogP contribution in [-0.2, 0) is 32.5 Å². The van der Waals surface area contributed by atoms with Crippen LogP contribution in [0.4, 0.5) is 22.7 Å². The predicted octanol–water partition coefficient (Wildman–Crippen LogP) is 15.1. The lowest BCUT2D eigenvalue weighted by Crippen LogP contribution is -2.61. The molecule has 0 radical (unpaired) electrons. The number of allylic oxidation sites excluding steroid dienone is 1. The van der Waals surface area contributed by atoms with E-state index in [2.05, 4.69) is 216 Å². The second-order valence-corrected chi connectivity index (χ2v) is 25.9. The third kappa shape index (κ3) is 6.61. The molecule has 0 saturated heterocycles. The number of thiophene rings is 1. The molecule has 1 unspecified atom stereocenters. The molecular weight excluding hydrogens is 780 g/mol. The van der Waals surface area contributed by atoms with Gasteiger partial charge in [0, 0.05) is 38.0 Å². The monoisotopic (exact) mass is 851 g/mol. The molecule has 0 spiro atoms. The van der Waals surface area contributed by atoms with Gasteiger partial charge in [0.25, 0.3) is 6.71 Å². The first-order chi connectivity index (χ1) is 29.4. The molecule has 2 aliphatic heterocycles. The fraction of sp³-hybridized carbons (Fsp3) is 0.458. The quantitative estimate of drug-likeness (QED) is 0.167. The van der Waals surface area contributed by atoms with Gasteiger partial charge in [-0.15, -0.1) is 0 Å². The molecule has 326 valence electrons. The molecule has 1 aromatic heterocycles. The van der Waals surface area contributed by atoms with Gasteiger partial charge >= 0.3 is 0 Å². The van der Waals surface area contributed by atoms with Crippen LogP contribution in [-0.4, -0.2) is 12.8 Å². The summed E-state index contributed by atoms with van der Waals surface area (Å²) < 4.78 is 1.55. The Morgan fingerprint density at radius 2 is 1.22 bits per heavy atom. The molecule has 63 heavy (non-hydrogen) atoms. The molecule has 0 fully saturated rings. The Morgan fingerprint density at radius 3 is 1.86 bits per heavy atom. The highest BCUT2D eigenvalue weighted by Gasteiger charge is 2.54. The summed E-state index contributed by atoms with van der Waals surface area (Å²) in [7, 11) is 0. The van der Waals surface area contributed by atoms with E-state index in [0.29, 0.717) is 0 Å². The normalized spacial score (nSPS) is 21.5. The van der Waals surface area contributed by atoms with Crippen molar-refractivity contribution in [3.05, 3.63) is 140 Å². The Kier molecular flexibility index (Phi) is 9.39. The van der Waals surface area contributed by atoms with Crippen LogP contribution in [0.2, 0.25) is 0 Å². The van der Waals surface area contributed by atoms with Gasteiger partial charge in [0.15, 0.2) is 0 Å². The van der Waals surface area contributed by atoms with Gasteiger partial charge in [0.2, 0.25) is 0 Å². The smallest absolute Gasteiger partial charge is 0.259 e. The number of rotatable bonds is 3. The fourth-order valence-electron chi connectivity index (χ4n) is 12.1. The maximum absolute atomic E-state index is 2.91. The highest BCUT2D eigenvalue weighted by atomic mass is 32.1. The van der Waals surface area contributed by atoms with E-state index in [0.717, 1.165) is 6.42 Å². The average molecular weight is 851 g/mol. The molecule has 10 rings (SSSR count). The van der Waals surface area contributed by atoms with Crippen LogP contribution in [0.15, 0.2) is 108 Å². The lowest BCUT2D eigenvalue weighted by atomic mass is 9.33. The van der Waals surface area contributed by atoms with Gasteiger partial charge < -0.3 is 9.80 Å². The van der Waals surface area contributed by atoms with Crippen molar-refractivity contribution in [3.63, 3.8) is 0 Å². The molecule has 5 aromatic rings. The van der Waals surface area contributed by atoms with Gasteiger partial charge in [0.1, 0.15) is 0 Å². The molecule has 0 saturated carbocycles. The van der Waals surface area contributed by atoms with E-state index in [-0.39, 0.29) is 45.2 Å². The van der Waals surface area contributed by atoms with E-state index >= 15 is 0 Å². The number of hydrogen-bond donors (Lipinski definition) is 0. The average Bonchev–Trinajstić information content (AvgIpc) is 3.64. The van der Waals surface area contributed by atoms with Crippen molar-refractivity contribution < 1.29 is 0 Å². The predicted molar refractivity (Wildman–Crippen MR) is 276 cm³/mol. The van der Waals surface area contributed by atoms with E-state index in [1.165, 1.54) is 93.0 Å². The maximum atomic E-state index is 2.91. The second-order valence-electron chi connectivity index (χ2n) is 24.8. The van der Waals surface area contributed by atoms with Crippen molar-refractivity contribution >= 4 is 51.0 Å². The van der Waals surface area contributed by atoms with E-state index in [1.54, 1.807) is 26.3 Å². The minimum atomic E-state index is 0.0191. The van der Waals surface area contributed by atoms with Gasteiger partial charge in [-0.25, -0.2) is 0 Å². The number of fused-ring (bicyclic) bond motifs is 7. The summed E-state index contributed by atoms with van der Waals surface area (Å²) in [4.78, 5) is 7.21. The Bertz CT molecular complexity index is 2740. The number of hydrogen-bond acceptors (Lipinski definition) is 3. The van der Waals surface area contributed by atoms with E-state index < -0.39 is 0 Å². The summed E-state index contributed by atoms with van der Waals surface area (Å²) >= 11 is 2.17. The number of benzene rings is 4. The summed E-state index contributed by atoms with van der Waals surface area (Å²) in [5.41, 5.74) is 21.8. The van der Waals surface area contributed by atoms with Crippen molar-refractivity contribution in [2.45, 2.75) is 174 Å². The molecule has 0 bridgehead atoms. The maximum Gasteiger partial charge on any atom is 0.259 e. The van der Waals surface area contributed by atoms with Gasteiger partial charge in [-0.2, -0.15) is 11.3 Å². The van der Waals surface area contributed by atoms with E-state index in [4.69, 9.17) is 0 Å². The second kappa shape index (κ2) is 13.9. The molecule has 4 aromatic carbocycles. The lowest BCUT2D eigenvalue weighted by molar-refractivity contribution is 0.332. The van der Waals surface area contributed by atoms with Crippen LogP contribution < -0.4 is 20.0 Å². The Labute approximate surface area is 385 Å². The van der Waals surface area contributed by atoms with Crippen LogP contribution in [0.3, 0.4) is 0 Å². The van der Waals surface area contributed by atoms with Gasteiger partial charge in [-0.05, 0) is 152 Å². The van der Waals surface area contributed by atoms with Crippen LogP contribution in [0.25, 0.3) is 11.1 Å². The molecule has 2 nitrogen and oxygen atoms in total. The zero-order chi connectivity index (χ0) is 45.0. The highest BCUT2D eigenvalue weighted by molar-refractivity contribution is 7.28. The first kappa shape index (κ1) is 42.7. The lowest BCUT2D eigenvalue weighted by Gasteiger charge is -2.52. The molecular formula is C59H71BN2S. The summed E-state index contributed by atoms with van der Waals surface area (Å²) in [6.07, 6.45) is 8.37. The SMILES string of the molecule is CC1=CC2=C3B(c4cc5c(cc4N2c2ccc(C(C)(C)C)cc2)C(C)(C)CCC5(C)C)c2sc4c(c2N(c2ccc(C(C)(C)C)cc2-c2ccccc2)C3C1)C(C)(C)CCC4(C)C. The summed E-state index contributed by atoms with van der Waals surface area (Å²) in [6.45, 7) is 36.8. The standard InChI is InChI=1S/C59H71BN2S/c1-36-31-47-50-48(32-36)62(45-26-23-39(55(5,6)7)33-41(45)37-19-17-16-18-20-37)51-49-52(59(14,15)30-29-58(49,12)13)63-53(51)60(50)44-34-42-43(57(10,11)28-27-56(42,8)9)35-46(44)61(47)40-24-21-38(22-25-40)54(2,3)4/h16-26,31,33-35,48H,27-30,32H2,1-15H3. The summed E-state index contributed by atoms with van der Waals surface area (Å²) in [5, 5.41) is 0. The fourth-order valence-corrected chi connectivity index (χ4v) is 13.8. The van der Waals surface area contributed by atoms with Crippen LogP contribution in [0.1, 0.15) is 169 Å². The van der Waals surface area contributed by atoms with Gasteiger partial charge in [-0.3, -0.25) is 0 Å². The number of nitrogens with zero attached hydrogens (tertiary/aromatic N) is 2. The largest absolute Gasteiger partial charge is 0.334 e. The van der Waals surface area contributed by atoms with Gasteiger partial charge in [-0.1, -0.05) is 157 Å². The molecule has 0 N–H and O–H groups in total. The molecule has 1 atom stereocenters. The van der Waals surface area contributed by atoms with Crippen molar-refractivity contribution in [1.82, 2.24) is 0 Å². The minimum Gasteiger partial charge on any atom is -0.334 e. The zero-order valence-electron chi connectivity index (χ0n) is 41.2. The van der Waals surface area contributed by atoms with Crippen molar-refractivity contribution in [2.75, 3.05) is 9.80 Å². The van der Waals surface area contributed by atoms with Crippen LogP contribution in [0, 0.1) is 0 Å². The van der Waals surface area contributed by atoms with Crippen LogP contribution >= 0.6 is 11.3 Å². The summed E-state index contributed by atoms with van der Waals surface area (Å²) in [5.74, 6) is 0. The van der Waals surface area contributed by atoms with Crippen molar-refractivity contribution in [3.8, 4) is 11.1 Å². The molecule has 5 aliphatic rings.